The van der Waals surface area contributed by atoms with Crippen LogP contribution in [0.2, 0.25) is 5.02 Å². The number of hydrogen-bond acceptors (Lipinski definition) is 3. The minimum atomic E-state index is -0.579. The molecule has 108 valence electrons. The zero-order valence-corrected chi connectivity index (χ0v) is 14.0. The number of carbonyl (C=O) groups excluding carboxylic acids is 1. The fraction of sp³-hybridized carbons (Fsp3) is 0.500. The predicted molar refractivity (Wildman–Crippen MR) is 82.2 cm³/mol. The monoisotopic (exact) mass is 350 g/mol. The second kappa shape index (κ2) is 10.1. The van der Waals surface area contributed by atoms with Gasteiger partial charge < -0.3 is 9.47 Å². The Morgan fingerprint density at radius 3 is 2.53 bits per heavy atom. The third-order valence-electron chi connectivity index (χ3n) is 2.27. The largest absolute Gasteiger partial charge is 0.479 e. The summed E-state index contributed by atoms with van der Waals surface area (Å²) in [5.74, 6) is 0.240. The number of ether oxygens (including phenoxy) is 2. The second-order valence-corrected chi connectivity index (χ2v) is 4.39. The SMILES string of the molecule is CC.CCC(Oc1ccc(Cl)c(CBr)c1)C(=O)OC. The molecule has 0 amide bonds. The summed E-state index contributed by atoms with van der Waals surface area (Å²) >= 11 is 9.32. The third kappa shape index (κ3) is 5.83. The molecule has 1 aromatic rings. The summed E-state index contributed by atoms with van der Waals surface area (Å²) in [7, 11) is 1.35. The van der Waals surface area contributed by atoms with Gasteiger partial charge in [-0.3, -0.25) is 0 Å². The topological polar surface area (TPSA) is 35.5 Å². The van der Waals surface area contributed by atoms with Crippen molar-refractivity contribution < 1.29 is 14.3 Å². The number of rotatable bonds is 5. The van der Waals surface area contributed by atoms with E-state index in [-0.39, 0.29) is 5.97 Å². The van der Waals surface area contributed by atoms with Crippen molar-refractivity contribution >= 4 is 33.5 Å². The van der Waals surface area contributed by atoms with E-state index in [1.807, 2.05) is 26.8 Å². The molecule has 0 saturated carbocycles. The molecule has 1 atom stereocenters. The number of carbonyl (C=O) groups is 1. The first kappa shape index (κ1) is 18.3. The van der Waals surface area contributed by atoms with Crippen LogP contribution in [0.25, 0.3) is 0 Å². The van der Waals surface area contributed by atoms with E-state index in [1.54, 1.807) is 12.1 Å². The molecule has 0 spiro atoms. The number of hydrogen-bond donors (Lipinski definition) is 0. The van der Waals surface area contributed by atoms with Gasteiger partial charge in [-0.05, 0) is 30.2 Å². The molecule has 0 aliphatic carbocycles. The summed E-state index contributed by atoms with van der Waals surface area (Å²) in [5.41, 5.74) is 0.920. The summed E-state index contributed by atoms with van der Waals surface area (Å²) < 4.78 is 10.2. The molecular weight excluding hydrogens is 332 g/mol. The number of benzene rings is 1. The van der Waals surface area contributed by atoms with Crippen molar-refractivity contribution in [1.29, 1.82) is 0 Å². The van der Waals surface area contributed by atoms with Crippen LogP contribution in [-0.2, 0) is 14.9 Å². The first-order valence-electron chi connectivity index (χ1n) is 6.21. The van der Waals surface area contributed by atoms with Gasteiger partial charge in [0.25, 0.3) is 0 Å². The van der Waals surface area contributed by atoms with E-state index in [0.29, 0.717) is 22.5 Å². The molecule has 0 radical (unpaired) electrons. The quantitative estimate of drug-likeness (QED) is 0.575. The Morgan fingerprint density at radius 1 is 1.42 bits per heavy atom. The van der Waals surface area contributed by atoms with Crippen LogP contribution in [0.15, 0.2) is 18.2 Å². The van der Waals surface area contributed by atoms with Crippen LogP contribution < -0.4 is 4.74 Å². The van der Waals surface area contributed by atoms with Crippen molar-refractivity contribution in [3.63, 3.8) is 0 Å². The molecule has 0 heterocycles. The van der Waals surface area contributed by atoms with Crippen LogP contribution in [0, 0.1) is 0 Å². The lowest BCUT2D eigenvalue weighted by atomic mass is 10.2. The molecule has 1 rings (SSSR count). The number of alkyl halides is 1. The maximum Gasteiger partial charge on any atom is 0.347 e. The van der Waals surface area contributed by atoms with E-state index in [1.165, 1.54) is 7.11 Å². The average Bonchev–Trinajstić information content (AvgIpc) is 2.47. The first-order valence-corrected chi connectivity index (χ1v) is 7.71. The van der Waals surface area contributed by atoms with Gasteiger partial charge in [0, 0.05) is 10.4 Å². The number of esters is 1. The molecule has 1 aromatic carbocycles. The Kier molecular flexibility index (Phi) is 9.70. The van der Waals surface area contributed by atoms with Gasteiger partial charge in [0.2, 0.25) is 0 Å². The lowest BCUT2D eigenvalue weighted by Gasteiger charge is -2.15. The van der Waals surface area contributed by atoms with E-state index in [4.69, 9.17) is 16.3 Å². The molecule has 0 aromatic heterocycles. The van der Waals surface area contributed by atoms with Crippen LogP contribution in [0.4, 0.5) is 0 Å². The zero-order valence-electron chi connectivity index (χ0n) is 11.7. The number of methoxy groups -OCH3 is 1. The van der Waals surface area contributed by atoms with Crippen molar-refractivity contribution in [2.75, 3.05) is 7.11 Å². The van der Waals surface area contributed by atoms with Crippen molar-refractivity contribution in [1.82, 2.24) is 0 Å². The summed E-state index contributed by atoms with van der Waals surface area (Å²) in [6.45, 7) is 5.86. The summed E-state index contributed by atoms with van der Waals surface area (Å²) in [6.07, 6.45) is -0.0248. The van der Waals surface area contributed by atoms with Crippen LogP contribution >= 0.6 is 27.5 Å². The maximum atomic E-state index is 11.4. The van der Waals surface area contributed by atoms with Crippen LogP contribution in [0.1, 0.15) is 32.8 Å². The van der Waals surface area contributed by atoms with Gasteiger partial charge in [-0.25, -0.2) is 4.79 Å². The summed E-state index contributed by atoms with van der Waals surface area (Å²) in [6, 6.07) is 5.29. The molecule has 19 heavy (non-hydrogen) atoms. The molecule has 1 unspecified atom stereocenters. The van der Waals surface area contributed by atoms with Gasteiger partial charge in [0.15, 0.2) is 6.10 Å². The molecule has 0 N–H and O–H groups in total. The lowest BCUT2D eigenvalue weighted by Crippen LogP contribution is -2.27. The predicted octanol–water partition coefficient (Wildman–Crippen LogP) is 4.59. The fourth-order valence-electron chi connectivity index (χ4n) is 1.32. The molecule has 0 aliphatic heterocycles. The first-order chi connectivity index (χ1) is 9.12. The third-order valence-corrected chi connectivity index (χ3v) is 3.25. The minimum absolute atomic E-state index is 0.372. The highest BCUT2D eigenvalue weighted by molar-refractivity contribution is 9.08. The van der Waals surface area contributed by atoms with Gasteiger partial charge in [0.05, 0.1) is 7.11 Å². The van der Waals surface area contributed by atoms with Crippen molar-refractivity contribution in [3.05, 3.63) is 28.8 Å². The Labute approximate surface area is 128 Å². The zero-order chi connectivity index (χ0) is 14.8. The van der Waals surface area contributed by atoms with Crippen molar-refractivity contribution in [3.8, 4) is 5.75 Å². The molecule has 5 heteroatoms. The Hall–Kier alpha value is -0.740. The molecule has 3 nitrogen and oxygen atoms in total. The van der Waals surface area contributed by atoms with Crippen molar-refractivity contribution in [2.45, 2.75) is 38.6 Å². The van der Waals surface area contributed by atoms with E-state index >= 15 is 0 Å². The maximum absolute atomic E-state index is 11.4. The van der Waals surface area contributed by atoms with Gasteiger partial charge >= 0.3 is 5.97 Å². The van der Waals surface area contributed by atoms with Crippen LogP contribution in [0.5, 0.6) is 5.75 Å². The molecular formula is C14H20BrClO3. The van der Waals surface area contributed by atoms with Crippen LogP contribution in [0.3, 0.4) is 0 Å². The summed E-state index contributed by atoms with van der Waals surface area (Å²) in [4.78, 5) is 11.4. The number of halogens is 2. The van der Waals surface area contributed by atoms with Gasteiger partial charge in [-0.15, -0.1) is 0 Å². The lowest BCUT2D eigenvalue weighted by molar-refractivity contribution is -0.148. The second-order valence-electron chi connectivity index (χ2n) is 3.42. The molecule has 0 fully saturated rings. The summed E-state index contributed by atoms with van der Waals surface area (Å²) in [5, 5.41) is 1.30. The van der Waals surface area contributed by atoms with Crippen molar-refractivity contribution in [2.24, 2.45) is 0 Å². The van der Waals surface area contributed by atoms with Gasteiger partial charge in [0.1, 0.15) is 5.75 Å². The Bertz CT molecular complexity index is 396. The van der Waals surface area contributed by atoms with Gasteiger partial charge in [-0.1, -0.05) is 48.3 Å². The highest BCUT2D eigenvalue weighted by atomic mass is 79.9. The van der Waals surface area contributed by atoms with E-state index in [0.717, 1.165) is 5.56 Å². The molecule has 0 bridgehead atoms. The molecule has 0 saturated heterocycles. The van der Waals surface area contributed by atoms with E-state index < -0.39 is 6.10 Å². The highest BCUT2D eigenvalue weighted by Crippen LogP contribution is 2.25. The molecule has 0 aliphatic rings. The van der Waals surface area contributed by atoms with E-state index in [2.05, 4.69) is 20.7 Å². The smallest absolute Gasteiger partial charge is 0.347 e. The minimum Gasteiger partial charge on any atom is -0.479 e. The van der Waals surface area contributed by atoms with E-state index in [9.17, 15) is 4.79 Å². The average molecular weight is 352 g/mol. The normalized spacial score (nSPS) is 11.1. The fourth-order valence-corrected chi connectivity index (χ4v) is 2.13. The Morgan fingerprint density at radius 2 is 2.05 bits per heavy atom. The standard InChI is InChI=1S/C12H14BrClO3.C2H6/c1-3-11(12(15)16-2)17-9-4-5-10(14)8(6-9)7-13;1-2/h4-6,11H,3,7H2,1-2H3;1-2H3. The van der Waals surface area contributed by atoms with Gasteiger partial charge in [-0.2, -0.15) is 0 Å². The Balaban J connectivity index is 0.00000154. The van der Waals surface area contributed by atoms with Crippen LogP contribution in [-0.4, -0.2) is 19.2 Å². The highest BCUT2D eigenvalue weighted by Gasteiger charge is 2.19.